The van der Waals surface area contributed by atoms with Crippen LogP contribution in [0, 0.1) is 13.8 Å². The van der Waals surface area contributed by atoms with Crippen LogP contribution in [0.4, 0.5) is 10.5 Å². The summed E-state index contributed by atoms with van der Waals surface area (Å²) in [4.78, 5) is 13.9. The quantitative estimate of drug-likeness (QED) is 0.587. The van der Waals surface area contributed by atoms with Gasteiger partial charge in [-0.3, -0.25) is 0 Å². The topological polar surface area (TPSA) is 38.8 Å². The molecule has 2 rings (SSSR count). The monoisotopic (exact) mass is 313 g/mol. The van der Waals surface area contributed by atoms with E-state index in [1.807, 2.05) is 25.1 Å². The van der Waals surface area contributed by atoms with E-state index in [1.54, 1.807) is 12.1 Å². The van der Waals surface area contributed by atoms with Crippen molar-refractivity contribution in [3.63, 3.8) is 0 Å². The van der Waals surface area contributed by atoms with Crippen molar-refractivity contribution in [3.8, 4) is 5.75 Å². The molecule has 0 saturated heterocycles. The van der Waals surface area contributed by atoms with Crippen LogP contribution in [-0.4, -0.2) is 25.9 Å². The largest absolute Gasteiger partial charge is 0.513 e. The van der Waals surface area contributed by atoms with Gasteiger partial charge in [-0.25, -0.2) is 4.79 Å². The number of anilines is 1. The fraction of sp³-hybridized carbons (Fsp3) is 0.316. The number of benzene rings is 2. The van der Waals surface area contributed by atoms with Crippen LogP contribution in [0.25, 0.3) is 0 Å². The van der Waals surface area contributed by atoms with E-state index in [0.29, 0.717) is 12.3 Å². The van der Waals surface area contributed by atoms with Crippen molar-refractivity contribution in [1.82, 2.24) is 0 Å². The molecule has 0 radical (unpaired) electrons. The van der Waals surface area contributed by atoms with Crippen LogP contribution in [0.3, 0.4) is 0 Å². The first-order valence-corrected chi connectivity index (χ1v) is 7.81. The second-order valence-corrected chi connectivity index (χ2v) is 5.44. The molecule has 2 aromatic carbocycles. The highest BCUT2D eigenvalue weighted by Gasteiger charge is 2.09. The lowest BCUT2D eigenvalue weighted by molar-refractivity contribution is 0.101. The van der Waals surface area contributed by atoms with Crippen molar-refractivity contribution < 1.29 is 14.3 Å². The third-order valence-electron chi connectivity index (χ3n) is 3.52. The molecule has 0 saturated carbocycles. The molecular weight excluding hydrogens is 290 g/mol. The maximum absolute atomic E-state index is 11.7. The zero-order chi connectivity index (χ0) is 16.7. The van der Waals surface area contributed by atoms with Crippen molar-refractivity contribution in [3.05, 3.63) is 59.7 Å². The highest BCUT2D eigenvalue weighted by Crippen LogP contribution is 2.16. The predicted molar refractivity (Wildman–Crippen MR) is 92.2 cm³/mol. The van der Waals surface area contributed by atoms with Gasteiger partial charge in [0.25, 0.3) is 0 Å². The van der Waals surface area contributed by atoms with Crippen molar-refractivity contribution in [1.29, 1.82) is 0 Å². The van der Waals surface area contributed by atoms with Gasteiger partial charge in [0.2, 0.25) is 0 Å². The molecule has 4 nitrogen and oxygen atoms in total. The average Bonchev–Trinajstić information content (AvgIpc) is 2.51. The maximum atomic E-state index is 11.7. The minimum atomic E-state index is -0.670. The van der Waals surface area contributed by atoms with Crippen LogP contribution in [-0.2, 0) is 4.74 Å². The smallest absolute Gasteiger partial charge is 0.432 e. The second-order valence-electron chi connectivity index (χ2n) is 5.44. The van der Waals surface area contributed by atoms with E-state index in [0.717, 1.165) is 17.8 Å². The minimum absolute atomic E-state index is 0.284. The lowest BCUT2D eigenvalue weighted by Crippen LogP contribution is -2.28. The van der Waals surface area contributed by atoms with E-state index >= 15 is 0 Å². The lowest BCUT2D eigenvalue weighted by Gasteiger charge is -2.23. The van der Waals surface area contributed by atoms with Crippen molar-refractivity contribution in [2.24, 2.45) is 0 Å². The van der Waals surface area contributed by atoms with Crippen LogP contribution in [0.2, 0.25) is 0 Å². The molecule has 0 fully saturated rings. The summed E-state index contributed by atoms with van der Waals surface area (Å²) in [6.45, 7) is 7.84. The second kappa shape index (κ2) is 8.22. The van der Waals surface area contributed by atoms with Gasteiger partial charge < -0.3 is 14.4 Å². The number of carbonyl (C=O) groups excluding carboxylic acids is 1. The normalized spacial score (nSPS) is 10.2. The van der Waals surface area contributed by atoms with Crippen LogP contribution in [0.1, 0.15) is 18.1 Å². The number of hydrogen-bond donors (Lipinski definition) is 0. The summed E-state index contributed by atoms with van der Waals surface area (Å²) in [5.74, 6) is 0.501. The molecule has 122 valence electrons. The molecule has 0 N–H and O–H groups in total. The summed E-state index contributed by atoms with van der Waals surface area (Å²) in [5, 5.41) is 0. The lowest BCUT2D eigenvalue weighted by atomic mass is 10.2. The van der Waals surface area contributed by atoms with Gasteiger partial charge in [0.1, 0.15) is 12.4 Å². The molecular formula is C19H23NO3. The minimum Gasteiger partial charge on any atom is -0.432 e. The molecule has 0 aromatic heterocycles. The Morgan fingerprint density at radius 2 is 1.74 bits per heavy atom. The Hall–Kier alpha value is -2.49. The number of nitrogens with zero attached hydrogens (tertiary/aromatic N) is 1. The van der Waals surface area contributed by atoms with Gasteiger partial charge in [-0.1, -0.05) is 24.3 Å². The van der Waals surface area contributed by atoms with Gasteiger partial charge in [0.05, 0.1) is 6.54 Å². The van der Waals surface area contributed by atoms with Gasteiger partial charge in [-0.05, 0) is 56.2 Å². The molecule has 0 aliphatic carbocycles. The number of aryl methyl sites for hydroxylation is 2. The summed E-state index contributed by atoms with van der Waals surface area (Å²) < 4.78 is 10.3. The van der Waals surface area contributed by atoms with Gasteiger partial charge in [-0.2, -0.15) is 0 Å². The SMILES string of the molecule is CCN(CCOC(=O)Oc1cccc(C)c1)c1cccc(C)c1. The van der Waals surface area contributed by atoms with Crippen molar-refractivity contribution >= 4 is 11.8 Å². The first-order chi connectivity index (χ1) is 11.1. The number of ether oxygens (including phenoxy) is 2. The summed E-state index contributed by atoms with van der Waals surface area (Å²) >= 11 is 0. The molecule has 2 aromatic rings. The van der Waals surface area contributed by atoms with Crippen LogP contribution < -0.4 is 9.64 Å². The molecule has 0 unspecified atom stereocenters. The Morgan fingerprint density at radius 1 is 1.04 bits per heavy atom. The van der Waals surface area contributed by atoms with Crippen molar-refractivity contribution in [2.75, 3.05) is 24.6 Å². The molecule has 0 aliphatic heterocycles. The fourth-order valence-corrected chi connectivity index (χ4v) is 2.34. The van der Waals surface area contributed by atoms with Crippen molar-refractivity contribution in [2.45, 2.75) is 20.8 Å². The first kappa shape index (κ1) is 16.9. The third-order valence-corrected chi connectivity index (χ3v) is 3.52. The van der Waals surface area contributed by atoms with Gasteiger partial charge in [0.15, 0.2) is 0 Å². The van der Waals surface area contributed by atoms with E-state index < -0.39 is 6.16 Å². The summed E-state index contributed by atoms with van der Waals surface area (Å²) in [6.07, 6.45) is -0.670. The highest BCUT2D eigenvalue weighted by atomic mass is 16.7. The number of hydrogen-bond acceptors (Lipinski definition) is 4. The molecule has 0 amide bonds. The molecule has 0 heterocycles. The molecule has 0 spiro atoms. The zero-order valence-electron chi connectivity index (χ0n) is 13.9. The zero-order valence-corrected chi connectivity index (χ0v) is 13.9. The molecule has 0 aliphatic rings. The highest BCUT2D eigenvalue weighted by molar-refractivity contribution is 5.63. The van der Waals surface area contributed by atoms with E-state index in [1.165, 1.54) is 5.56 Å². The molecule has 23 heavy (non-hydrogen) atoms. The fourth-order valence-electron chi connectivity index (χ4n) is 2.34. The predicted octanol–water partition coefficient (Wildman–Crippen LogP) is 4.35. The number of likely N-dealkylation sites (N-methyl/N-ethyl adjacent to an activating group) is 1. The summed E-state index contributed by atoms with van der Waals surface area (Å²) in [7, 11) is 0. The molecule has 4 heteroatoms. The van der Waals surface area contributed by atoms with Gasteiger partial charge in [-0.15, -0.1) is 0 Å². The Labute approximate surface area is 137 Å². The van der Waals surface area contributed by atoms with Crippen LogP contribution in [0.15, 0.2) is 48.5 Å². The van der Waals surface area contributed by atoms with Crippen LogP contribution in [0.5, 0.6) is 5.75 Å². The Morgan fingerprint density at radius 3 is 2.39 bits per heavy atom. The third kappa shape index (κ3) is 5.33. The number of carbonyl (C=O) groups is 1. The van der Waals surface area contributed by atoms with E-state index in [4.69, 9.17) is 9.47 Å². The van der Waals surface area contributed by atoms with Gasteiger partial charge in [0, 0.05) is 12.2 Å². The first-order valence-electron chi connectivity index (χ1n) is 7.81. The standard InChI is InChI=1S/C19H23NO3/c1-4-20(17-9-5-7-15(2)13-17)11-12-22-19(21)23-18-10-6-8-16(3)14-18/h5-10,13-14H,4,11-12H2,1-3H3. The van der Waals surface area contributed by atoms with E-state index in [9.17, 15) is 4.79 Å². The molecule has 0 bridgehead atoms. The van der Waals surface area contributed by atoms with Crippen LogP contribution >= 0.6 is 0 Å². The average molecular weight is 313 g/mol. The summed E-state index contributed by atoms with van der Waals surface area (Å²) in [6, 6.07) is 15.6. The molecule has 0 atom stereocenters. The number of rotatable bonds is 6. The summed E-state index contributed by atoms with van der Waals surface area (Å²) in [5.41, 5.74) is 3.37. The van der Waals surface area contributed by atoms with E-state index in [2.05, 4.69) is 36.9 Å². The Balaban J connectivity index is 1.82. The Bertz CT molecular complexity index is 655. The van der Waals surface area contributed by atoms with Gasteiger partial charge >= 0.3 is 6.16 Å². The van der Waals surface area contributed by atoms with E-state index in [-0.39, 0.29) is 6.61 Å². The Kier molecular flexibility index (Phi) is 6.03. The maximum Gasteiger partial charge on any atom is 0.513 e.